The number of para-hydroxylation sites is 1. The number of nitrogens with zero attached hydrogens (tertiary/aromatic N) is 3. The van der Waals surface area contributed by atoms with Crippen LogP contribution in [0.3, 0.4) is 0 Å². The third kappa shape index (κ3) is 2.64. The molecule has 0 aliphatic carbocycles. The average molecular weight is 308 g/mol. The van der Waals surface area contributed by atoms with Crippen molar-refractivity contribution in [3.8, 4) is 0 Å². The highest BCUT2D eigenvalue weighted by atomic mass is 32.2. The van der Waals surface area contributed by atoms with Gasteiger partial charge in [-0.25, -0.2) is 13.6 Å². The lowest BCUT2D eigenvalue weighted by molar-refractivity contribution is -0.117. The lowest BCUT2D eigenvalue weighted by atomic mass is 10.1. The largest absolute Gasteiger partial charge is 0.310 e. The molecule has 8 heteroatoms. The molecular weight excluding hydrogens is 292 g/mol. The second kappa shape index (κ2) is 4.81. The molecule has 0 saturated carbocycles. The minimum Gasteiger partial charge on any atom is -0.310 e. The number of hydrogen-bond donors (Lipinski definition) is 1. The maximum atomic E-state index is 12.2. The van der Waals surface area contributed by atoms with Crippen molar-refractivity contribution in [1.29, 1.82) is 0 Å². The summed E-state index contributed by atoms with van der Waals surface area (Å²) in [5, 5.41) is 10.2. The number of hydrogen-bond acceptors (Lipinski definition) is 4. The second-order valence-corrected chi connectivity index (χ2v) is 7.05. The molecule has 1 saturated heterocycles. The molecule has 1 atom stereocenters. The van der Waals surface area contributed by atoms with Crippen molar-refractivity contribution in [2.45, 2.75) is 6.42 Å². The highest BCUT2D eigenvalue weighted by molar-refractivity contribution is 7.89. The maximum Gasteiger partial charge on any atom is 0.227 e. The quantitative estimate of drug-likeness (QED) is 0.876. The number of carbonyl (C=O) groups is 1. The number of aromatic nitrogens is 2. The molecular formula is C13H16N4O3S. The second-order valence-electron chi connectivity index (χ2n) is 5.39. The predicted octanol–water partition coefficient (Wildman–Crippen LogP) is 0.215. The zero-order chi connectivity index (χ0) is 15.2. The van der Waals surface area contributed by atoms with E-state index in [0.717, 1.165) is 16.6 Å². The average Bonchev–Trinajstić information content (AvgIpc) is 2.91. The lowest BCUT2D eigenvalue weighted by Crippen LogP contribution is -2.27. The molecule has 1 aromatic heterocycles. The van der Waals surface area contributed by atoms with Crippen LogP contribution in [0.2, 0.25) is 0 Å². The Hall–Kier alpha value is -1.93. The summed E-state index contributed by atoms with van der Waals surface area (Å²) in [7, 11) is -1.76. The molecule has 112 valence electrons. The fourth-order valence-corrected chi connectivity index (χ4v) is 3.76. The topological polar surface area (TPSA) is 98.3 Å². The minimum atomic E-state index is -3.57. The predicted molar refractivity (Wildman–Crippen MR) is 79.1 cm³/mol. The van der Waals surface area contributed by atoms with E-state index in [1.807, 2.05) is 25.2 Å². The number of primary sulfonamides is 1. The van der Waals surface area contributed by atoms with Gasteiger partial charge in [-0.3, -0.25) is 9.48 Å². The summed E-state index contributed by atoms with van der Waals surface area (Å²) < 4.78 is 24.1. The number of rotatable bonds is 3. The third-order valence-corrected chi connectivity index (χ3v) is 4.64. The Bertz CT molecular complexity index is 812. The number of sulfonamides is 1. The first-order valence-corrected chi connectivity index (χ1v) is 8.28. The highest BCUT2D eigenvalue weighted by Gasteiger charge is 2.33. The summed E-state index contributed by atoms with van der Waals surface area (Å²) >= 11 is 0. The Kier molecular flexibility index (Phi) is 3.22. The van der Waals surface area contributed by atoms with Crippen LogP contribution in [0.5, 0.6) is 0 Å². The fourth-order valence-electron chi connectivity index (χ4n) is 2.88. The lowest BCUT2D eigenvalue weighted by Gasteiger charge is -2.18. The van der Waals surface area contributed by atoms with Crippen LogP contribution < -0.4 is 10.0 Å². The van der Waals surface area contributed by atoms with Crippen LogP contribution in [-0.2, 0) is 21.9 Å². The minimum absolute atomic E-state index is 0.0858. The molecule has 2 N–H and O–H groups in total. The number of anilines is 1. The van der Waals surface area contributed by atoms with Crippen LogP contribution in [0.15, 0.2) is 24.4 Å². The normalized spacial score (nSPS) is 19.6. The van der Waals surface area contributed by atoms with E-state index in [2.05, 4.69) is 5.10 Å². The summed E-state index contributed by atoms with van der Waals surface area (Å²) in [5.41, 5.74) is 1.62. The van der Waals surface area contributed by atoms with Gasteiger partial charge in [-0.2, -0.15) is 5.10 Å². The molecule has 2 aromatic rings. The summed E-state index contributed by atoms with van der Waals surface area (Å²) in [6.07, 6.45) is 1.94. The molecule has 1 fully saturated rings. The molecule has 1 aromatic carbocycles. The van der Waals surface area contributed by atoms with Crippen LogP contribution in [0.25, 0.3) is 10.9 Å². The Morgan fingerprint density at radius 1 is 1.43 bits per heavy atom. The maximum absolute atomic E-state index is 12.2. The molecule has 0 radical (unpaired) electrons. The van der Waals surface area contributed by atoms with Gasteiger partial charge in [0.15, 0.2) is 0 Å². The molecule has 1 aliphatic rings. The van der Waals surface area contributed by atoms with Crippen LogP contribution in [0, 0.1) is 5.92 Å². The SMILES string of the molecule is Cn1ncc2cccc(N3CC(CS(N)(=O)=O)CC3=O)c21. The van der Waals surface area contributed by atoms with E-state index in [1.165, 1.54) is 0 Å². The number of amides is 1. The monoisotopic (exact) mass is 308 g/mol. The zero-order valence-corrected chi connectivity index (χ0v) is 12.4. The molecule has 0 bridgehead atoms. The first-order chi connectivity index (χ1) is 9.85. The van der Waals surface area contributed by atoms with Crippen molar-refractivity contribution in [3.63, 3.8) is 0 Å². The van der Waals surface area contributed by atoms with E-state index in [9.17, 15) is 13.2 Å². The Balaban J connectivity index is 1.96. The fraction of sp³-hybridized carbons (Fsp3) is 0.385. The Labute approximate surface area is 122 Å². The molecule has 7 nitrogen and oxygen atoms in total. The smallest absolute Gasteiger partial charge is 0.227 e. The first-order valence-electron chi connectivity index (χ1n) is 6.57. The van der Waals surface area contributed by atoms with E-state index >= 15 is 0 Å². The van der Waals surface area contributed by atoms with Gasteiger partial charge < -0.3 is 4.90 Å². The van der Waals surface area contributed by atoms with Crippen LogP contribution in [0.4, 0.5) is 5.69 Å². The summed E-state index contributed by atoms with van der Waals surface area (Å²) in [6.45, 7) is 0.361. The first kappa shape index (κ1) is 14.0. The van der Waals surface area contributed by atoms with Gasteiger partial charge in [0.2, 0.25) is 15.9 Å². The summed E-state index contributed by atoms with van der Waals surface area (Å²) in [5.74, 6) is -0.523. The van der Waals surface area contributed by atoms with Gasteiger partial charge >= 0.3 is 0 Å². The number of benzene rings is 1. The molecule has 3 rings (SSSR count). The van der Waals surface area contributed by atoms with Crippen LogP contribution in [0.1, 0.15) is 6.42 Å². The Morgan fingerprint density at radius 3 is 2.90 bits per heavy atom. The van der Waals surface area contributed by atoms with Crippen LogP contribution >= 0.6 is 0 Å². The number of aryl methyl sites for hydroxylation is 1. The van der Waals surface area contributed by atoms with Crippen molar-refractivity contribution in [2.24, 2.45) is 18.1 Å². The molecule has 1 unspecified atom stereocenters. The number of fused-ring (bicyclic) bond motifs is 1. The van der Waals surface area contributed by atoms with Gasteiger partial charge in [0.05, 0.1) is 23.2 Å². The van der Waals surface area contributed by atoms with Crippen molar-refractivity contribution >= 4 is 32.5 Å². The van der Waals surface area contributed by atoms with Gasteiger partial charge in [-0.1, -0.05) is 12.1 Å². The molecule has 1 aliphatic heterocycles. The Morgan fingerprint density at radius 2 is 2.19 bits per heavy atom. The van der Waals surface area contributed by atoms with Gasteiger partial charge in [0, 0.05) is 31.3 Å². The van der Waals surface area contributed by atoms with Gasteiger partial charge in [0.1, 0.15) is 0 Å². The number of nitrogens with two attached hydrogens (primary N) is 1. The van der Waals surface area contributed by atoms with Crippen LogP contribution in [-0.4, -0.2) is 36.4 Å². The highest BCUT2D eigenvalue weighted by Crippen LogP contribution is 2.31. The van der Waals surface area contributed by atoms with Crippen molar-refractivity contribution < 1.29 is 13.2 Å². The van der Waals surface area contributed by atoms with Gasteiger partial charge in [-0.05, 0) is 6.07 Å². The van der Waals surface area contributed by atoms with Gasteiger partial charge in [-0.15, -0.1) is 0 Å². The van der Waals surface area contributed by atoms with E-state index < -0.39 is 10.0 Å². The van der Waals surface area contributed by atoms with Crippen molar-refractivity contribution in [3.05, 3.63) is 24.4 Å². The summed E-state index contributed by atoms with van der Waals surface area (Å²) in [6, 6.07) is 5.63. The van der Waals surface area contributed by atoms with Crippen molar-refractivity contribution in [1.82, 2.24) is 9.78 Å². The molecule has 1 amide bonds. The standard InChI is InChI=1S/C13H16N4O3S/c1-16-13-10(6-15-16)3-2-4-11(13)17-7-9(5-12(17)18)8-21(14,19)20/h2-4,6,9H,5,7-8H2,1H3,(H2,14,19,20). The van der Waals surface area contributed by atoms with Gasteiger partial charge in [0.25, 0.3) is 0 Å². The van der Waals surface area contributed by atoms with Crippen molar-refractivity contribution in [2.75, 3.05) is 17.2 Å². The molecule has 2 heterocycles. The van der Waals surface area contributed by atoms with E-state index in [4.69, 9.17) is 5.14 Å². The third-order valence-electron chi connectivity index (χ3n) is 3.70. The number of carbonyl (C=O) groups excluding carboxylic acids is 1. The molecule has 0 spiro atoms. The van der Waals surface area contributed by atoms with E-state index in [1.54, 1.807) is 15.8 Å². The van der Waals surface area contributed by atoms with E-state index in [-0.39, 0.29) is 24.0 Å². The van der Waals surface area contributed by atoms with E-state index in [0.29, 0.717) is 6.54 Å². The summed E-state index contributed by atoms with van der Waals surface area (Å²) in [4.78, 5) is 13.8. The molecule has 21 heavy (non-hydrogen) atoms. The zero-order valence-electron chi connectivity index (χ0n) is 11.6.